The molecule has 3 rings (SSSR count). The number of benzene rings is 1. The van der Waals surface area contributed by atoms with Gasteiger partial charge in [0, 0.05) is 36.1 Å². The van der Waals surface area contributed by atoms with E-state index in [-0.39, 0.29) is 5.97 Å². The number of nitrogens with zero attached hydrogens (tertiary/aromatic N) is 3. The van der Waals surface area contributed by atoms with Gasteiger partial charge in [0.25, 0.3) is 0 Å². The lowest BCUT2D eigenvalue weighted by Crippen LogP contribution is -2.17. The van der Waals surface area contributed by atoms with Gasteiger partial charge in [-0.3, -0.25) is 9.97 Å². The van der Waals surface area contributed by atoms with Gasteiger partial charge in [-0.2, -0.15) is 0 Å². The normalized spacial score (nSPS) is 11.0. The third-order valence-corrected chi connectivity index (χ3v) is 4.44. The fourth-order valence-electron chi connectivity index (χ4n) is 3.07. The topological polar surface area (TPSA) is 67.3 Å². The van der Waals surface area contributed by atoms with Crippen molar-refractivity contribution in [2.45, 2.75) is 13.3 Å². The maximum atomic E-state index is 12.5. The highest BCUT2D eigenvalue weighted by Gasteiger charge is 2.17. The van der Waals surface area contributed by atoms with Crippen LogP contribution in [0, 0.1) is 0 Å². The highest BCUT2D eigenvalue weighted by atomic mass is 16.5. The zero-order valence-corrected chi connectivity index (χ0v) is 16.6. The monoisotopic (exact) mass is 378 g/mol. The van der Waals surface area contributed by atoms with Gasteiger partial charge in [0.15, 0.2) is 0 Å². The Morgan fingerprint density at radius 3 is 2.75 bits per heavy atom. The van der Waals surface area contributed by atoms with Gasteiger partial charge in [-0.25, -0.2) is 4.79 Å². The van der Waals surface area contributed by atoms with Crippen LogP contribution < -0.4 is 5.32 Å². The minimum absolute atomic E-state index is 0.326. The third kappa shape index (κ3) is 4.64. The molecule has 0 bridgehead atoms. The van der Waals surface area contributed by atoms with E-state index >= 15 is 0 Å². The summed E-state index contributed by atoms with van der Waals surface area (Å²) in [6.07, 6.45) is 6.14. The molecule has 0 aliphatic heterocycles. The van der Waals surface area contributed by atoms with Crippen molar-refractivity contribution >= 4 is 22.6 Å². The van der Waals surface area contributed by atoms with Crippen LogP contribution in [-0.2, 0) is 4.74 Å². The number of hydrogen-bond donors (Lipinski definition) is 1. The molecular weight excluding hydrogens is 352 g/mol. The molecule has 0 unspecified atom stereocenters. The van der Waals surface area contributed by atoms with Crippen LogP contribution in [0.3, 0.4) is 0 Å². The lowest BCUT2D eigenvalue weighted by atomic mass is 10.0. The van der Waals surface area contributed by atoms with E-state index < -0.39 is 0 Å². The Morgan fingerprint density at radius 1 is 1.18 bits per heavy atom. The minimum atomic E-state index is -0.362. The molecule has 1 N–H and O–H groups in total. The summed E-state index contributed by atoms with van der Waals surface area (Å²) in [7, 11) is 4.10. The van der Waals surface area contributed by atoms with Crippen molar-refractivity contribution in [1.82, 2.24) is 14.9 Å². The van der Waals surface area contributed by atoms with E-state index in [1.54, 1.807) is 19.3 Å². The van der Waals surface area contributed by atoms with Crippen molar-refractivity contribution in [3.63, 3.8) is 0 Å². The van der Waals surface area contributed by atoms with Gasteiger partial charge in [-0.1, -0.05) is 12.1 Å². The van der Waals surface area contributed by atoms with E-state index in [4.69, 9.17) is 4.74 Å². The summed E-state index contributed by atoms with van der Waals surface area (Å²) in [5, 5.41) is 4.35. The van der Waals surface area contributed by atoms with Crippen LogP contribution in [-0.4, -0.2) is 54.6 Å². The van der Waals surface area contributed by atoms with Crippen LogP contribution in [0.2, 0.25) is 0 Å². The molecule has 0 aliphatic rings. The predicted octanol–water partition coefficient (Wildman–Crippen LogP) is 3.84. The average Bonchev–Trinajstić information content (AvgIpc) is 2.71. The van der Waals surface area contributed by atoms with Crippen molar-refractivity contribution < 1.29 is 9.53 Å². The summed E-state index contributed by atoms with van der Waals surface area (Å²) in [4.78, 5) is 23.3. The van der Waals surface area contributed by atoms with E-state index in [1.165, 1.54) is 0 Å². The number of esters is 1. The van der Waals surface area contributed by atoms with Crippen molar-refractivity contribution in [2.24, 2.45) is 0 Å². The molecule has 146 valence electrons. The maximum Gasteiger partial charge on any atom is 0.341 e. The van der Waals surface area contributed by atoms with E-state index in [0.29, 0.717) is 12.2 Å². The summed E-state index contributed by atoms with van der Waals surface area (Å²) >= 11 is 0. The van der Waals surface area contributed by atoms with Gasteiger partial charge in [-0.05, 0) is 57.7 Å². The van der Waals surface area contributed by atoms with Crippen LogP contribution in [0.25, 0.3) is 22.0 Å². The van der Waals surface area contributed by atoms with Crippen molar-refractivity contribution in [2.75, 3.05) is 39.1 Å². The smallest absolute Gasteiger partial charge is 0.341 e. The molecule has 0 atom stereocenters. The Bertz CT molecular complexity index is 942. The minimum Gasteiger partial charge on any atom is -0.462 e. The van der Waals surface area contributed by atoms with Crippen LogP contribution in [0.4, 0.5) is 5.69 Å². The van der Waals surface area contributed by atoms with Gasteiger partial charge in [0.2, 0.25) is 0 Å². The number of carbonyl (C=O) groups excluding carboxylic acids is 1. The van der Waals surface area contributed by atoms with E-state index in [1.807, 2.05) is 44.6 Å². The Hall–Kier alpha value is -2.99. The van der Waals surface area contributed by atoms with Crippen LogP contribution in [0.1, 0.15) is 23.7 Å². The second kappa shape index (κ2) is 9.28. The summed E-state index contributed by atoms with van der Waals surface area (Å²) < 4.78 is 5.24. The Morgan fingerprint density at radius 2 is 2.04 bits per heavy atom. The second-order valence-electron chi connectivity index (χ2n) is 6.82. The van der Waals surface area contributed by atoms with E-state index in [0.717, 1.165) is 47.2 Å². The van der Waals surface area contributed by atoms with Gasteiger partial charge in [-0.15, -0.1) is 0 Å². The number of pyridine rings is 2. The largest absolute Gasteiger partial charge is 0.462 e. The molecule has 1 aromatic carbocycles. The number of carbonyl (C=O) groups is 1. The highest BCUT2D eigenvalue weighted by molar-refractivity contribution is 6.05. The summed E-state index contributed by atoms with van der Waals surface area (Å²) in [6.45, 7) is 3.84. The molecule has 2 heterocycles. The number of hydrogen-bond acceptors (Lipinski definition) is 6. The first-order chi connectivity index (χ1) is 13.6. The maximum absolute atomic E-state index is 12.5. The molecule has 0 saturated carbocycles. The van der Waals surface area contributed by atoms with Crippen LogP contribution >= 0.6 is 0 Å². The number of rotatable bonds is 8. The molecular formula is C22H26N4O2. The number of fused-ring (bicyclic) bond motifs is 1. The van der Waals surface area contributed by atoms with Gasteiger partial charge in [0.05, 0.1) is 17.8 Å². The standard InChI is InChI=1S/C22H26N4O2/c1-4-28-22(27)19-15-25-20-9-8-16(17-7-5-10-23-14-17)13-18(20)21(19)24-11-6-12-26(2)3/h5,7-10,13-15H,4,6,11-12H2,1-3H3,(H,24,25). The van der Waals surface area contributed by atoms with Gasteiger partial charge < -0.3 is 15.0 Å². The first-order valence-corrected chi connectivity index (χ1v) is 9.49. The summed E-state index contributed by atoms with van der Waals surface area (Å²) in [5.74, 6) is -0.362. The van der Waals surface area contributed by atoms with Crippen LogP contribution in [0.5, 0.6) is 0 Å². The summed E-state index contributed by atoms with van der Waals surface area (Å²) in [6, 6.07) is 9.97. The van der Waals surface area contributed by atoms with Crippen molar-refractivity contribution in [3.05, 3.63) is 54.5 Å². The average molecular weight is 378 g/mol. The van der Waals surface area contributed by atoms with Gasteiger partial charge in [0.1, 0.15) is 5.56 Å². The van der Waals surface area contributed by atoms with Gasteiger partial charge >= 0.3 is 5.97 Å². The summed E-state index contributed by atoms with van der Waals surface area (Å²) in [5.41, 5.74) is 4.11. The molecule has 6 nitrogen and oxygen atoms in total. The third-order valence-electron chi connectivity index (χ3n) is 4.44. The number of nitrogens with one attached hydrogen (secondary N) is 1. The molecule has 2 aromatic heterocycles. The first-order valence-electron chi connectivity index (χ1n) is 9.49. The molecule has 6 heteroatoms. The highest BCUT2D eigenvalue weighted by Crippen LogP contribution is 2.30. The van der Waals surface area contributed by atoms with Crippen molar-refractivity contribution in [1.29, 1.82) is 0 Å². The lowest BCUT2D eigenvalue weighted by Gasteiger charge is -2.16. The fourth-order valence-corrected chi connectivity index (χ4v) is 3.07. The Balaban J connectivity index is 2.03. The number of anilines is 1. The SMILES string of the molecule is CCOC(=O)c1cnc2ccc(-c3cccnc3)cc2c1NCCCN(C)C. The predicted molar refractivity (Wildman–Crippen MR) is 113 cm³/mol. The van der Waals surface area contributed by atoms with E-state index in [2.05, 4.69) is 26.3 Å². The van der Waals surface area contributed by atoms with Crippen LogP contribution in [0.15, 0.2) is 48.9 Å². The zero-order valence-electron chi connectivity index (χ0n) is 16.6. The first kappa shape index (κ1) is 19.8. The number of aromatic nitrogens is 2. The van der Waals surface area contributed by atoms with E-state index in [9.17, 15) is 4.79 Å². The fraction of sp³-hybridized carbons (Fsp3) is 0.318. The van der Waals surface area contributed by atoms with Crippen molar-refractivity contribution in [3.8, 4) is 11.1 Å². The quantitative estimate of drug-likeness (QED) is 0.475. The molecule has 0 aliphatic carbocycles. The molecule has 0 spiro atoms. The molecule has 28 heavy (non-hydrogen) atoms. The molecule has 0 saturated heterocycles. The molecule has 0 radical (unpaired) electrons. The lowest BCUT2D eigenvalue weighted by molar-refractivity contribution is 0.0527. The molecule has 3 aromatic rings. The Labute approximate surface area is 165 Å². The molecule has 0 amide bonds. The number of ether oxygens (including phenoxy) is 1. The second-order valence-corrected chi connectivity index (χ2v) is 6.82. The Kier molecular flexibility index (Phi) is 6.55. The molecule has 0 fully saturated rings. The zero-order chi connectivity index (χ0) is 19.9.